The second-order valence-corrected chi connectivity index (χ2v) is 8.21. The predicted octanol–water partition coefficient (Wildman–Crippen LogP) is 4.68. The zero-order chi connectivity index (χ0) is 22.3. The number of nitrogen functional groups attached to an aromatic ring is 1. The van der Waals surface area contributed by atoms with E-state index in [9.17, 15) is 4.79 Å². The summed E-state index contributed by atoms with van der Waals surface area (Å²) in [5, 5.41) is 4.49. The number of fused-ring (bicyclic) bond motifs is 1. The van der Waals surface area contributed by atoms with Crippen LogP contribution in [0, 0.1) is 20.8 Å². The van der Waals surface area contributed by atoms with Gasteiger partial charge in [0.05, 0.1) is 11.6 Å². The zero-order valence-electron chi connectivity index (χ0n) is 18.5. The number of hydrogen-bond donors (Lipinski definition) is 2. The number of rotatable bonds is 4. The van der Waals surface area contributed by atoms with E-state index in [-0.39, 0.29) is 11.6 Å². The van der Waals surface area contributed by atoms with E-state index >= 15 is 0 Å². The molecule has 4 aromatic rings. The molecule has 0 fully saturated rings. The minimum atomic E-state index is -0.0326. The van der Waals surface area contributed by atoms with Crippen LogP contribution in [0.25, 0.3) is 22.0 Å². The predicted molar refractivity (Wildman–Crippen MR) is 127 cm³/mol. The Kier molecular flexibility index (Phi) is 5.23. The van der Waals surface area contributed by atoms with Gasteiger partial charge in [-0.2, -0.15) is 0 Å². The molecule has 0 spiro atoms. The topological polar surface area (TPSA) is 85.8 Å². The summed E-state index contributed by atoms with van der Waals surface area (Å²) in [6, 6.07) is 13.7. The maximum atomic E-state index is 11.8. The van der Waals surface area contributed by atoms with Gasteiger partial charge < -0.3 is 15.6 Å². The van der Waals surface area contributed by atoms with Crippen LogP contribution in [0.15, 0.2) is 53.5 Å². The van der Waals surface area contributed by atoms with E-state index in [4.69, 9.17) is 10.7 Å². The highest BCUT2D eigenvalue weighted by atomic mass is 16.1. The first-order valence-corrected chi connectivity index (χ1v) is 10.3. The average Bonchev–Trinajstić information content (AvgIpc) is 2.69. The standard InChI is InChI=1S/C25H27N5O/c1-14-8-19(11-20(26)9-14)16(3)27-25-22-12-21(18-6-7-24(31)30(5)13-18)15(2)10-23(22)28-17(4)29-25/h6-13,16H,26H2,1-5H3,(H,27,28,29)/t16-/m1/s1. The molecule has 0 aliphatic heterocycles. The lowest BCUT2D eigenvalue weighted by Crippen LogP contribution is -2.14. The Morgan fingerprint density at radius 2 is 1.81 bits per heavy atom. The van der Waals surface area contributed by atoms with Crippen LogP contribution in [0.4, 0.5) is 11.5 Å². The normalized spacial score (nSPS) is 12.2. The molecule has 0 saturated carbocycles. The van der Waals surface area contributed by atoms with Crippen LogP contribution in [-0.2, 0) is 7.05 Å². The number of nitrogens with two attached hydrogens (primary N) is 1. The molecular weight excluding hydrogens is 386 g/mol. The molecule has 0 amide bonds. The molecule has 0 unspecified atom stereocenters. The highest BCUT2D eigenvalue weighted by Crippen LogP contribution is 2.32. The van der Waals surface area contributed by atoms with E-state index < -0.39 is 0 Å². The quantitative estimate of drug-likeness (QED) is 0.475. The third-order valence-electron chi connectivity index (χ3n) is 5.53. The molecule has 0 saturated heterocycles. The Morgan fingerprint density at radius 1 is 1.03 bits per heavy atom. The van der Waals surface area contributed by atoms with Gasteiger partial charge in [-0.15, -0.1) is 0 Å². The molecule has 6 heteroatoms. The minimum Gasteiger partial charge on any atom is -0.399 e. The van der Waals surface area contributed by atoms with Gasteiger partial charge in [-0.3, -0.25) is 4.79 Å². The van der Waals surface area contributed by atoms with Crippen LogP contribution < -0.4 is 16.6 Å². The smallest absolute Gasteiger partial charge is 0.250 e. The zero-order valence-corrected chi connectivity index (χ0v) is 18.5. The number of aryl methyl sites for hydroxylation is 4. The fourth-order valence-electron chi connectivity index (χ4n) is 3.95. The fourth-order valence-corrected chi connectivity index (χ4v) is 3.95. The summed E-state index contributed by atoms with van der Waals surface area (Å²) in [5.74, 6) is 1.49. The maximum absolute atomic E-state index is 11.8. The van der Waals surface area contributed by atoms with Crippen molar-refractivity contribution in [1.29, 1.82) is 0 Å². The van der Waals surface area contributed by atoms with Crippen molar-refractivity contribution in [2.45, 2.75) is 33.7 Å². The van der Waals surface area contributed by atoms with Gasteiger partial charge in [-0.25, -0.2) is 9.97 Å². The van der Waals surface area contributed by atoms with Crippen LogP contribution in [0.2, 0.25) is 0 Å². The molecule has 6 nitrogen and oxygen atoms in total. The monoisotopic (exact) mass is 413 g/mol. The minimum absolute atomic E-state index is 0.0157. The fraction of sp³-hybridized carbons (Fsp3) is 0.240. The van der Waals surface area contributed by atoms with E-state index in [2.05, 4.69) is 42.3 Å². The molecule has 4 rings (SSSR count). The Morgan fingerprint density at radius 3 is 2.52 bits per heavy atom. The molecule has 31 heavy (non-hydrogen) atoms. The van der Waals surface area contributed by atoms with Crippen LogP contribution in [0.1, 0.15) is 35.5 Å². The average molecular weight is 414 g/mol. The third-order valence-corrected chi connectivity index (χ3v) is 5.53. The summed E-state index contributed by atoms with van der Waals surface area (Å²) < 4.78 is 1.59. The molecule has 0 bridgehead atoms. The van der Waals surface area contributed by atoms with Crippen LogP contribution in [0.5, 0.6) is 0 Å². The van der Waals surface area contributed by atoms with Gasteiger partial charge >= 0.3 is 0 Å². The first-order chi connectivity index (χ1) is 14.7. The molecule has 2 heterocycles. The van der Waals surface area contributed by atoms with E-state index in [1.54, 1.807) is 17.7 Å². The number of hydrogen-bond acceptors (Lipinski definition) is 5. The van der Waals surface area contributed by atoms with Gasteiger partial charge in [0.25, 0.3) is 0 Å². The van der Waals surface area contributed by atoms with Crippen molar-refractivity contribution in [2.24, 2.45) is 7.05 Å². The summed E-state index contributed by atoms with van der Waals surface area (Å²) in [4.78, 5) is 21.2. The van der Waals surface area contributed by atoms with Crippen molar-refractivity contribution < 1.29 is 0 Å². The lowest BCUT2D eigenvalue weighted by atomic mass is 9.99. The third kappa shape index (κ3) is 4.14. The Balaban J connectivity index is 1.82. The Bertz CT molecular complexity index is 1340. The van der Waals surface area contributed by atoms with Crippen molar-refractivity contribution in [3.63, 3.8) is 0 Å². The molecule has 3 N–H and O–H groups in total. The molecule has 0 aliphatic rings. The van der Waals surface area contributed by atoms with E-state index in [0.717, 1.165) is 50.2 Å². The van der Waals surface area contributed by atoms with Crippen LogP contribution >= 0.6 is 0 Å². The van der Waals surface area contributed by atoms with Gasteiger partial charge in [0.15, 0.2) is 0 Å². The first kappa shape index (κ1) is 20.6. The summed E-state index contributed by atoms with van der Waals surface area (Å²) in [7, 11) is 1.76. The SMILES string of the molecule is Cc1cc(N)cc([C@@H](C)Nc2nc(C)nc3cc(C)c(-c4ccc(=O)n(C)c4)cc23)c1. The highest BCUT2D eigenvalue weighted by Gasteiger charge is 2.14. The van der Waals surface area contributed by atoms with Crippen LogP contribution in [-0.4, -0.2) is 14.5 Å². The lowest BCUT2D eigenvalue weighted by molar-refractivity contribution is 0.862. The maximum Gasteiger partial charge on any atom is 0.250 e. The number of benzene rings is 2. The lowest BCUT2D eigenvalue weighted by Gasteiger charge is -2.19. The van der Waals surface area contributed by atoms with E-state index in [0.29, 0.717) is 5.82 Å². The largest absolute Gasteiger partial charge is 0.399 e. The second kappa shape index (κ2) is 7.87. The molecule has 158 valence electrons. The second-order valence-electron chi connectivity index (χ2n) is 8.21. The van der Waals surface area contributed by atoms with Crippen molar-refractivity contribution in [3.05, 3.63) is 81.5 Å². The summed E-state index contributed by atoms with van der Waals surface area (Å²) in [5.41, 5.74) is 13.0. The molecular formula is C25H27N5O. The van der Waals surface area contributed by atoms with Crippen molar-refractivity contribution in [1.82, 2.24) is 14.5 Å². The summed E-state index contributed by atoms with van der Waals surface area (Å²) >= 11 is 0. The number of anilines is 2. The molecule has 2 aromatic heterocycles. The first-order valence-electron chi connectivity index (χ1n) is 10.3. The number of nitrogens with one attached hydrogen (secondary N) is 1. The van der Waals surface area contributed by atoms with Gasteiger partial charge in [-0.05, 0) is 85.8 Å². The van der Waals surface area contributed by atoms with Gasteiger partial charge in [0.1, 0.15) is 11.6 Å². The van der Waals surface area contributed by atoms with Gasteiger partial charge in [-0.1, -0.05) is 6.07 Å². The number of aromatic nitrogens is 3. The van der Waals surface area contributed by atoms with Crippen molar-refractivity contribution in [2.75, 3.05) is 11.1 Å². The summed E-state index contributed by atoms with van der Waals surface area (Å²) in [6.45, 7) is 8.09. The molecule has 2 aromatic carbocycles. The number of pyridine rings is 1. The van der Waals surface area contributed by atoms with Crippen molar-refractivity contribution in [3.8, 4) is 11.1 Å². The molecule has 0 aliphatic carbocycles. The Labute approximate surface area is 181 Å². The van der Waals surface area contributed by atoms with Gasteiger partial charge in [0.2, 0.25) is 5.56 Å². The molecule has 1 atom stereocenters. The molecule has 0 radical (unpaired) electrons. The summed E-state index contributed by atoms with van der Waals surface area (Å²) in [6.07, 6.45) is 1.86. The Hall–Kier alpha value is -3.67. The highest BCUT2D eigenvalue weighted by molar-refractivity contribution is 5.94. The van der Waals surface area contributed by atoms with E-state index in [1.807, 2.05) is 38.2 Å². The van der Waals surface area contributed by atoms with Crippen LogP contribution in [0.3, 0.4) is 0 Å². The number of nitrogens with zero attached hydrogens (tertiary/aromatic N) is 3. The van der Waals surface area contributed by atoms with Gasteiger partial charge in [0, 0.05) is 30.4 Å². The van der Waals surface area contributed by atoms with E-state index in [1.165, 1.54) is 0 Å². The van der Waals surface area contributed by atoms with Crippen molar-refractivity contribution >= 4 is 22.4 Å².